The molecule has 0 radical (unpaired) electrons. The second-order valence-corrected chi connectivity index (χ2v) is 12.0. The zero-order chi connectivity index (χ0) is 20.6. The van der Waals surface area contributed by atoms with Crippen LogP contribution < -0.4 is 0 Å². The fraction of sp³-hybridized carbons (Fsp3) is 0.667. The number of nitrogens with zero attached hydrogens (tertiary/aromatic N) is 3. The van der Waals surface area contributed by atoms with E-state index in [1.807, 2.05) is 23.7 Å². The van der Waals surface area contributed by atoms with Crippen LogP contribution in [0.25, 0.3) is 0 Å². The Hall–Kier alpha value is -1.22. The third-order valence-corrected chi connectivity index (χ3v) is 8.49. The van der Waals surface area contributed by atoms with Crippen LogP contribution in [0.4, 0.5) is 0 Å². The summed E-state index contributed by atoms with van der Waals surface area (Å²) < 4.78 is 30.9. The van der Waals surface area contributed by atoms with Crippen molar-refractivity contribution < 1.29 is 13.2 Å². The van der Waals surface area contributed by atoms with Crippen LogP contribution in [0.1, 0.15) is 47.6 Å². The number of ether oxygens (including phenoxy) is 1. The Balaban J connectivity index is 1.42. The van der Waals surface area contributed by atoms with Crippen LogP contribution in [0.3, 0.4) is 0 Å². The number of piperidine rings is 1. The average Bonchev–Trinajstić information content (AvgIpc) is 3.29. The molecule has 2 aromatic rings. The van der Waals surface area contributed by atoms with Crippen LogP contribution in [0.5, 0.6) is 0 Å². The number of likely N-dealkylation sites (tertiary alicyclic amines) is 1. The first-order valence-electron chi connectivity index (χ1n) is 10.5. The number of fused-ring (bicyclic) bond motifs is 2. The summed E-state index contributed by atoms with van der Waals surface area (Å²) in [4.78, 5) is 5.49. The summed E-state index contributed by atoms with van der Waals surface area (Å²) in [7, 11) is -2.97. The highest BCUT2D eigenvalue weighted by molar-refractivity contribution is 7.90. The van der Waals surface area contributed by atoms with Gasteiger partial charge in [0.2, 0.25) is 0 Å². The van der Waals surface area contributed by atoms with Crippen molar-refractivity contribution in [1.29, 1.82) is 0 Å². The second kappa shape index (κ2) is 8.13. The predicted molar refractivity (Wildman–Crippen MR) is 116 cm³/mol. The molecule has 6 nitrogen and oxygen atoms in total. The van der Waals surface area contributed by atoms with Gasteiger partial charge in [-0.1, -0.05) is 6.92 Å². The van der Waals surface area contributed by atoms with E-state index in [0.717, 1.165) is 50.9 Å². The first-order chi connectivity index (χ1) is 13.8. The molecule has 0 aliphatic carbocycles. The minimum atomic E-state index is -2.97. The molecule has 0 aromatic carbocycles. The highest BCUT2D eigenvalue weighted by atomic mass is 32.2. The maximum atomic E-state index is 11.4. The predicted octanol–water partition coefficient (Wildman–Crippen LogP) is 3.00. The number of rotatable bonds is 6. The summed E-state index contributed by atoms with van der Waals surface area (Å²) in [6.07, 6.45) is 9.28. The summed E-state index contributed by atoms with van der Waals surface area (Å²) >= 11 is 1.97. The molecule has 2 aliphatic rings. The van der Waals surface area contributed by atoms with Crippen LogP contribution in [0.2, 0.25) is 0 Å². The molecule has 2 atom stereocenters. The summed E-state index contributed by atoms with van der Waals surface area (Å²) in [5.74, 6) is 0.122. The van der Waals surface area contributed by atoms with Gasteiger partial charge in [-0.3, -0.25) is 9.58 Å². The van der Waals surface area contributed by atoms with Crippen molar-refractivity contribution in [2.75, 3.05) is 25.2 Å². The normalized spacial score (nSPS) is 25.4. The molecule has 0 unspecified atom stereocenters. The molecule has 1 spiro atoms. The highest BCUT2D eigenvalue weighted by Gasteiger charge is 2.44. The van der Waals surface area contributed by atoms with Gasteiger partial charge in [0.15, 0.2) is 0 Å². The van der Waals surface area contributed by atoms with Crippen molar-refractivity contribution in [3.05, 3.63) is 39.3 Å². The molecule has 1 fully saturated rings. The largest absolute Gasteiger partial charge is 0.370 e. The Morgan fingerprint density at radius 1 is 1.41 bits per heavy atom. The third-order valence-electron chi connectivity index (χ3n) is 6.22. The van der Waals surface area contributed by atoms with Gasteiger partial charge in [0, 0.05) is 53.3 Å². The van der Waals surface area contributed by atoms with E-state index in [-0.39, 0.29) is 11.4 Å². The van der Waals surface area contributed by atoms with E-state index in [9.17, 15) is 8.42 Å². The number of hydrogen-bond donors (Lipinski definition) is 0. The van der Waals surface area contributed by atoms with Crippen LogP contribution in [0, 0.1) is 0 Å². The van der Waals surface area contributed by atoms with Crippen LogP contribution in [-0.2, 0) is 46.1 Å². The van der Waals surface area contributed by atoms with Gasteiger partial charge < -0.3 is 4.74 Å². The summed E-state index contributed by atoms with van der Waals surface area (Å²) in [5, 5.41) is 4.34. The van der Waals surface area contributed by atoms with Crippen molar-refractivity contribution >= 4 is 21.2 Å². The van der Waals surface area contributed by atoms with Gasteiger partial charge in [0.05, 0.1) is 30.7 Å². The lowest BCUT2D eigenvalue weighted by Crippen LogP contribution is -2.50. The van der Waals surface area contributed by atoms with Crippen LogP contribution in [0.15, 0.2) is 18.5 Å². The lowest BCUT2D eigenvalue weighted by molar-refractivity contribution is -0.112. The van der Waals surface area contributed by atoms with Gasteiger partial charge >= 0.3 is 0 Å². The molecule has 0 N–H and O–H groups in total. The third kappa shape index (κ3) is 4.60. The first-order valence-corrected chi connectivity index (χ1v) is 13.3. The summed E-state index contributed by atoms with van der Waals surface area (Å²) in [6.45, 7) is 7.59. The van der Waals surface area contributed by atoms with E-state index in [0.29, 0.717) is 12.6 Å². The summed E-state index contributed by atoms with van der Waals surface area (Å²) in [5.41, 5.74) is 2.47. The van der Waals surface area contributed by atoms with E-state index < -0.39 is 9.84 Å². The number of aryl methyl sites for hydroxylation is 2. The number of thiophene rings is 1. The van der Waals surface area contributed by atoms with E-state index in [1.54, 1.807) is 4.68 Å². The van der Waals surface area contributed by atoms with E-state index in [4.69, 9.17) is 4.74 Å². The van der Waals surface area contributed by atoms with Crippen LogP contribution >= 0.6 is 11.3 Å². The molecule has 8 heteroatoms. The molecule has 0 saturated carbocycles. The Bertz CT molecular complexity index is 966. The molecular weight excluding hydrogens is 406 g/mol. The molecule has 4 rings (SSSR count). The van der Waals surface area contributed by atoms with Crippen molar-refractivity contribution in [2.24, 2.45) is 0 Å². The molecule has 0 amide bonds. The molecular formula is C21H31N3O3S2. The molecule has 2 aromatic heterocycles. The molecule has 2 aliphatic heterocycles. The number of sulfone groups is 1. The van der Waals surface area contributed by atoms with Crippen molar-refractivity contribution in [2.45, 2.75) is 64.3 Å². The number of hydrogen-bond acceptors (Lipinski definition) is 6. The van der Waals surface area contributed by atoms with E-state index >= 15 is 0 Å². The Kier molecular flexibility index (Phi) is 5.90. The standard InChI is InChI=1S/C21H31N3O3S2/c1-4-18-11-19-20(28-18)5-9-27-21(19)6-7-23(16(2)12-21)14-17-13-22-24(15-17)8-10-29(3,25)26/h11,13,15-16H,4-10,12,14H2,1-3H3/t16-,21+/m0/s1. The van der Waals surface area contributed by atoms with Gasteiger partial charge in [-0.2, -0.15) is 5.10 Å². The van der Waals surface area contributed by atoms with E-state index in [2.05, 4.69) is 29.9 Å². The first kappa shape index (κ1) is 21.0. The zero-order valence-corrected chi connectivity index (χ0v) is 19.2. The molecule has 0 bridgehead atoms. The molecule has 29 heavy (non-hydrogen) atoms. The van der Waals surface area contributed by atoms with Gasteiger partial charge in [-0.25, -0.2) is 8.42 Å². The quantitative estimate of drug-likeness (QED) is 0.695. The average molecular weight is 438 g/mol. The smallest absolute Gasteiger partial charge is 0.149 e. The Morgan fingerprint density at radius 2 is 2.24 bits per heavy atom. The maximum Gasteiger partial charge on any atom is 0.149 e. The van der Waals surface area contributed by atoms with Gasteiger partial charge in [0.1, 0.15) is 9.84 Å². The van der Waals surface area contributed by atoms with Crippen molar-refractivity contribution in [1.82, 2.24) is 14.7 Å². The highest BCUT2D eigenvalue weighted by Crippen LogP contribution is 2.46. The van der Waals surface area contributed by atoms with Gasteiger partial charge in [-0.05, 0) is 37.8 Å². The lowest BCUT2D eigenvalue weighted by atomic mass is 9.79. The lowest BCUT2D eigenvalue weighted by Gasteiger charge is -2.47. The minimum absolute atomic E-state index is 0.118. The summed E-state index contributed by atoms with van der Waals surface area (Å²) in [6, 6.07) is 2.81. The SMILES string of the molecule is CCc1cc2c(s1)CCO[C@@]21CCN(Cc2cnn(CCS(C)(=O)=O)c2)[C@@H](C)C1. The van der Waals surface area contributed by atoms with Crippen molar-refractivity contribution in [3.8, 4) is 0 Å². The monoisotopic (exact) mass is 437 g/mol. The Labute approximate surface area is 177 Å². The number of aromatic nitrogens is 2. The molecule has 160 valence electrons. The van der Waals surface area contributed by atoms with E-state index in [1.165, 1.54) is 21.6 Å². The van der Waals surface area contributed by atoms with Gasteiger partial charge in [0.25, 0.3) is 0 Å². The minimum Gasteiger partial charge on any atom is -0.370 e. The van der Waals surface area contributed by atoms with Crippen LogP contribution in [-0.4, -0.2) is 54.3 Å². The topological polar surface area (TPSA) is 64.4 Å². The van der Waals surface area contributed by atoms with Crippen molar-refractivity contribution in [3.63, 3.8) is 0 Å². The maximum absolute atomic E-state index is 11.4. The Morgan fingerprint density at radius 3 is 2.97 bits per heavy atom. The fourth-order valence-electron chi connectivity index (χ4n) is 4.61. The molecule has 1 saturated heterocycles. The van der Waals surface area contributed by atoms with Gasteiger partial charge in [-0.15, -0.1) is 11.3 Å². The second-order valence-electron chi connectivity index (χ2n) is 8.51. The fourth-order valence-corrected chi connectivity index (χ4v) is 6.31. The molecule has 4 heterocycles. The zero-order valence-electron chi connectivity index (χ0n) is 17.6.